The summed E-state index contributed by atoms with van der Waals surface area (Å²) in [6.07, 6.45) is 2.25. The standard InChI is InChI=1S/C26H32N4O3/c1-6-29(15-18-8-7-9-21-23(18)33-13-12-32-21)25(31)19-14-20(17-10-11-17)27-24-22(19)16(2)28-30(24)26(3,4)5/h7-9,14,17H,6,10-13,15H2,1-5H3. The van der Waals surface area contributed by atoms with E-state index in [2.05, 4.69) is 20.8 Å². The Balaban J connectivity index is 1.58. The van der Waals surface area contributed by atoms with Crippen LogP contribution in [0, 0.1) is 6.92 Å². The van der Waals surface area contributed by atoms with E-state index in [1.165, 1.54) is 0 Å². The Morgan fingerprint density at radius 2 is 1.97 bits per heavy atom. The van der Waals surface area contributed by atoms with Crippen molar-refractivity contribution in [2.75, 3.05) is 19.8 Å². The first kappa shape index (κ1) is 21.7. The van der Waals surface area contributed by atoms with Crippen molar-refractivity contribution in [3.8, 4) is 11.5 Å². The van der Waals surface area contributed by atoms with Gasteiger partial charge >= 0.3 is 0 Å². The van der Waals surface area contributed by atoms with E-state index < -0.39 is 0 Å². The third-order valence-electron chi connectivity index (χ3n) is 6.37. The summed E-state index contributed by atoms with van der Waals surface area (Å²) >= 11 is 0. The summed E-state index contributed by atoms with van der Waals surface area (Å²) in [6, 6.07) is 7.88. The molecule has 0 spiro atoms. The number of amides is 1. The van der Waals surface area contributed by atoms with E-state index in [4.69, 9.17) is 19.6 Å². The molecular formula is C26H32N4O3. The van der Waals surface area contributed by atoms with Gasteiger partial charge in [0, 0.05) is 30.3 Å². The van der Waals surface area contributed by atoms with E-state index in [1.54, 1.807) is 0 Å². The zero-order valence-electron chi connectivity index (χ0n) is 20.1. The van der Waals surface area contributed by atoms with Crippen LogP contribution in [0.2, 0.25) is 0 Å². The normalized spacial score (nSPS) is 15.7. The fourth-order valence-corrected chi connectivity index (χ4v) is 4.49. The van der Waals surface area contributed by atoms with Crippen LogP contribution >= 0.6 is 0 Å². The Hall–Kier alpha value is -3.09. The number of aromatic nitrogens is 3. The summed E-state index contributed by atoms with van der Waals surface area (Å²) < 4.78 is 13.6. The predicted octanol–water partition coefficient (Wildman–Crippen LogP) is 4.81. The van der Waals surface area contributed by atoms with Crippen molar-refractivity contribution < 1.29 is 14.3 Å². The lowest BCUT2D eigenvalue weighted by atomic mass is 10.0. The van der Waals surface area contributed by atoms with Gasteiger partial charge in [0.25, 0.3) is 5.91 Å². The van der Waals surface area contributed by atoms with E-state index in [9.17, 15) is 4.79 Å². The quantitative estimate of drug-likeness (QED) is 0.560. The summed E-state index contributed by atoms with van der Waals surface area (Å²) in [5.41, 5.74) is 4.06. The van der Waals surface area contributed by atoms with Gasteiger partial charge in [-0.05, 0) is 59.6 Å². The molecule has 0 radical (unpaired) electrons. The first-order valence-electron chi connectivity index (χ1n) is 11.9. The van der Waals surface area contributed by atoms with Crippen LogP contribution in [0.15, 0.2) is 24.3 Å². The SMILES string of the molecule is CCN(Cc1cccc2c1OCCO2)C(=O)c1cc(C2CC2)nc2c1c(C)nn2C(C)(C)C. The van der Waals surface area contributed by atoms with Crippen LogP contribution in [0.1, 0.15) is 73.8 Å². The maximum Gasteiger partial charge on any atom is 0.255 e. The van der Waals surface area contributed by atoms with Crippen LogP contribution in [0.25, 0.3) is 11.0 Å². The van der Waals surface area contributed by atoms with Crippen LogP contribution in [-0.4, -0.2) is 45.3 Å². The van der Waals surface area contributed by atoms with E-state index in [1.807, 2.05) is 47.7 Å². The Labute approximate surface area is 194 Å². The average molecular weight is 449 g/mol. The topological polar surface area (TPSA) is 69.5 Å². The number of ether oxygens (including phenoxy) is 2. The summed E-state index contributed by atoms with van der Waals surface area (Å²) in [7, 11) is 0. The first-order chi connectivity index (χ1) is 15.8. The second kappa shape index (κ2) is 8.04. The van der Waals surface area contributed by atoms with Crippen molar-refractivity contribution in [3.63, 3.8) is 0 Å². The van der Waals surface area contributed by atoms with Gasteiger partial charge in [-0.2, -0.15) is 5.10 Å². The van der Waals surface area contributed by atoms with Crippen molar-refractivity contribution in [1.29, 1.82) is 0 Å². The van der Waals surface area contributed by atoms with E-state index in [-0.39, 0.29) is 11.4 Å². The second-order valence-electron chi connectivity index (χ2n) is 10.00. The second-order valence-corrected chi connectivity index (χ2v) is 10.00. The summed E-state index contributed by atoms with van der Waals surface area (Å²) in [5, 5.41) is 5.65. The monoisotopic (exact) mass is 448 g/mol. The molecule has 1 aromatic carbocycles. The number of para-hydroxylation sites is 1. The highest BCUT2D eigenvalue weighted by molar-refractivity contribution is 6.06. The van der Waals surface area contributed by atoms with Gasteiger partial charge in [0.2, 0.25) is 0 Å². The molecule has 0 unspecified atom stereocenters. The minimum absolute atomic E-state index is 0.00214. The third-order valence-corrected chi connectivity index (χ3v) is 6.37. The number of carbonyl (C=O) groups is 1. The lowest BCUT2D eigenvalue weighted by Gasteiger charge is -2.26. The van der Waals surface area contributed by atoms with E-state index in [0.717, 1.165) is 52.3 Å². The number of carbonyl (C=O) groups excluding carboxylic acids is 1. The van der Waals surface area contributed by atoms with Gasteiger partial charge in [-0.15, -0.1) is 0 Å². The van der Waals surface area contributed by atoms with Crippen molar-refractivity contribution in [3.05, 3.63) is 46.8 Å². The third kappa shape index (κ3) is 3.94. The summed E-state index contributed by atoms with van der Waals surface area (Å²) in [5.74, 6) is 1.92. The summed E-state index contributed by atoms with van der Waals surface area (Å²) in [6.45, 7) is 12.4. The maximum absolute atomic E-state index is 14.0. The maximum atomic E-state index is 14.0. The highest BCUT2D eigenvalue weighted by Crippen LogP contribution is 2.41. The molecule has 1 aliphatic heterocycles. The number of nitrogens with zero attached hydrogens (tertiary/aromatic N) is 4. The molecule has 5 rings (SSSR count). The number of benzene rings is 1. The van der Waals surface area contributed by atoms with Crippen LogP contribution in [0.3, 0.4) is 0 Å². The van der Waals surface area contributed by atoms with Gasteiger partial charge in [-0.3, -0.25) is 4.79 Å². The number of aryl methyl sites for hydroxylation is 1. The van der Waals surface area contributed by atoms with E-state index >= 15 is 0 Å². The predicted molar refractivity (Wildman–Crippen MR) is 127 cm³/mol. The van der Waals surface area contributed by atoms with Crippen molar-refractivity contribution >= 4 is 16.9 Å². The molecule has 0 N–H and O–H groups in total. The Morgan fingerprint density at radius 3 is 2.67 bits per heavy atom. The van der Waals surface area contributed by atoms with Gasteiger partial charge in [0.15, 0.2) is 17.1 Å². The van der Waals surface area contributed by atoms with Crippen LogP contribution in [-0.2, 0) is 12.1 Å². The Bertz CT molecular complexity index is 1220. The van der Waals surface area contributed by atoms with Gasteiger partial charge in [0.1, 0.15) is 13.2 Å². The fraction of sp³-hybridized carbons (Fsp3) is 0.500. The minimum Gasteiger partial charge on any atom is -0.486 e. The molecule has 7 nitrogen and oxygen atoms in total. The zero-order chi connectivity index (χ0) is 23.3. The van der Waals surface area contributed by atoms with Crippen LogP contribution in [0.4, 0.5) is 0 Å². The van der Waals surface area contributed by atoms with E-state index in [0.29, 0.717) is 37.8 Å². The molecule has 0 bridgehead atoms. The van der Waals surface area contributed by atoms with Gasteiger partial charge < -0.3 is 14.4 Å². The fourth-order valence-electron chi connectivity index (χ4n) is 4.49. The molecule has 1 saturated carbocycles. The first-order valence-corrected chi connectivity index (χ1v) is 11.9. The van der Waals surface area contributed by atoms with Crippen LogP contribution < -0.4 is 9.47 Å². The highest BCUT2D eigenvalue weighted by atomic mass is 16.6. The molecule has 0 atom stereocenters. The number of pyridine rings is 1. The zero-order valence-corrected chi connectivity index (χ0v) is 20.1. The number of hydrogen-bond acceptors (Lipinski definition) is 5. The van der Waals surface area contributed by atoms with Crippen molar-refractivity contribution in [2.24, 2.45) is 0 Å². The molecule has 0 saturated heterocycles. The molecule has 2 aromatic heterocycles. The Morgan fingerprint density at radius 1 is 1.21 bits per heavy atom. The van der Waals surface area contributed by atoms with Crippen LogP contribution in [0.5, 0.6) is 11.5 Å². The molecule has 174 valence electrons. The number of hydrogen-bond donors (Lipinski definition) is 0. The summed E-state index contributed by atoms with van der Waals surface area (Å²) in [4.78, 5) is 20.8. The average Bonchev–Trinajstić information content (AvgIpc) is 3.59. The van der Waals surface area contributed by atoms with Crippen molar-refractivity contribution in [2.45, 2.75) is 65.5 Å². The molecule has 3 aromatic rings. The molecule has 1 fully saturated rings. The molecule has 7 heteroatoms. The van der Waals surface area contributed by atoms with Crippen molar-refractivity contribution in [1.82, 2.24) is 19.7 Å². The molecule has 1 amide bonds. The minimum atomic E-state index is -0.229. The smallest absolute Gasteiger partial charge is 0.255 e. The lowest BCUT2D eigenvalue weighted by Crippen LogP contribution is -2.31. The number of fused-ring (bicyclic) bond motifs is 2. The largest absolute Gasteiger partial charge is 0.486 e. The highest BCUT2D eigenvalue weighted by Gasteiger charge is 2.31. The molecule has 3 heterocycles. The molecule has 1 aliphatic carbocycles. The lowest BCUT2D eigenvalue weighted by molar-refractivity contribution is 0.0751. The Kier molecular flexibility index (Phi) is 5.30. The number of rotatable bonds is 5. The molecule has 33 heavy (non-hydrogen) atoms. The molecule has 2 aliphatic rings. The molecular weight excluding hydrogens is 416 g/mol. The van der Waals surface area contributed by atoms with Gasteiger partial charge in [-0.1, -0.05) is 12.1 Å². The van der Waals surface area contributed by atoms with Gasteiger partial charge in [0.05, 0.1) is 22.2 Å². The van der Waals surface area contributed by atoms with Gasteiger partial charge in [-0.25, -0.2) is 9.67 Å².